The number of fused-ring (bicyclic) bond motifs is 2. The van der Waals surface area contributed by atoms with Crippen molar-refractivity contribution in [1.29, 1.82) is 10.5 Å². The van der Waals surface area contributed by atoms with E-state index in [4.69, 9.17) is 24.1 Å². The van der Waals surface area contributed by atoms with E-state index < -0.39 is 23.1 Å². The number of pyridine rings is 2. The van der Waals surface area contributed by atoms with Crippen LogP contribution in [0.3, 0.4) is 0 Å². The Bertz CT molecular complexity index is 2390. The fraction of sp³-hybridized carbons (Fsp3) is 0.0303. The summed E-state index contributed by atoms with van der Waals surface area (Å²) >= 11 is 0. The molecule has 0 atom stereocenters. The van der Waals surface area contributed by atoms with Gasteiger partial charge in [-0.15, -0.1) is 0 Å². The van der Waals surface area contributed by atoms with Crippen molar-refractivity contribution in [3.63, 3.8) is 0 Å². The van der Waals surface area contributed by atoms with Crippen LogP contribution in [0.4, 0.5) is 11.6 Å². The number of carbonyl (C=O) groups excluding carboxylic acids is 2. The van der Waals surface area contributed by atoms with E-state index in [1.807, 2.05) is 12.1 Å². The minimum atomic E-state index is -0.836. The van der Waals surface area contributed by atoms with Crippen LogP contribution in [0.5, 0.6) is 11.5 Å². The fourth-order valence-corrected chi connectivity index (χ4v) is 4.21. The van der Waals surface area contributed by atoms with Crippen molar-refractivity contribution in [2.45, 2.75) is 0 Å². The number of benzene rings is 2. The van der Waals surface area contributed by atoms with E-state index in [1.54, 1.807) is 30.3 Å². The highest BCUT2D eigenvalue weighted by molar-refractivity contribution is 6.06. The van der Waals surface area contributed by atoms with Gasteiger partial charge in [0.05, 0.1) is 12.5 Å². The molecule has 0 unspecified atom stereocenters. The first-order valence-electron chi connectivity index (χ1n) is 13.4. The van der Waals surface area contributed by atoms with Gasteiger partial charge in [-0.25, -0.2) is 19.6 Å². The van der Waals surface area contributed by atoms with Crippen molar-refractivity contribution < 1.29 is 28.3 Å². The van der Waals surface area contributed by atoms with Crippen molar-refractivity contribution in [2.75, 3.05) is 17.7 Å². The van der Waals surface area contributed by atoms with E-state index in [1.165, 1.54) is 61.7 Å². The van der Waals surface area contributed by atoms with Gasteiger partial charge in [-0.05, 0) is 60.7 Å². The van der Waals surface area contributed by atoms with Gasteiger partial charge in [0, 0.05) is 11.5 Å². The van der Waals surface area contributed by atoms with Crippen molar-refractivity contribution in [1.82, 2.24) is 9.97 Å². The lowest BCUT2D eigenvalue weighted by Gasteiger charge is -2.07. The Labute approximate surface area is 263 Å². The summed E-state index contributed by atoms with van der Waals surface area (Å²) in [6, 6.07) is 24.9. The zero-order chi connectivity index (χ0) is 33.5. The molecule has 230 valence electrons. The molecule has 4 heterocycles. The molecule has 0 saturated carbocycles. The maximum atomic E-state index is 12.3. The third-order valence-corrected chi connectivity index (χ3v) is 6.38. The number of amides is 2. The number of anilines is 2. The SMILES string of the molecule is COc1cccc2oc(=O)c(C(=O)Nc3cccc(C#N)n3)cc12.N#Cc1cccc(NC(=O)c2cc3ccc(O)cc3oc2=O)n1. The minimum absolute atomic E-state index is 0.0460. The quantitative estimate of drug-likeness (QED) is 0.227. The summed E-state index contributed by atoms with van der Waals surface area (Å²) in [7, 11) is 1.48. The first kappa shape index (κ1) is 31.1. The maximum Gasteiger partial charge on any atom is 0.349 e. The highest BCUT2D eigenvalue weighted by atomic mass is 16.5. The molecular formula is C33H20N6O8. The average molecular weight is 629 g/mol. The second kappa shape index (κ2) is 13.5. The Hall–Kier alpha value is -7.32. The average Bonchev–Trinajstić information content (AvgIpc) is 3.07. The van der Waals surface area contributed by atoms with E-state index in [0.29, 0.717) is 22.1 Å². The molecule has 47 heavy (non-hydrogen) atoms. The molecule has 0 bridgehead atoms. The molecule has 0 spiro atoms. The third-order valence-electron chi connectivity index (χ3n) is 6.38. The first-order chi connectivity index (χ1) is 22.7. The number of carbonyl (C=O) groups is 2. The number of rotatable bonds is 5. The van der Waals surface area contributed by atoms with Crippen LogP contribution in [-0.4, -0.2) is 34.0 Å². The molecule has 3 N–H and O–H groups in total. The molecule has 0 radical (unpaired) electrons. The molecule has 6 aromatic rings. The summed E-state index contributed by atoms with van der Waals surface area (Å²) in [5, 5.41) is 32.9. The van der Waals surface area contributed by atoms with Crippen LogP contribution in [-0.2, 0) is 0 Å². The second-order valence-electron chi connectivity index (χ2n) is 9.44. The van der Waals surface area contributed by atoms with Crippen molar-refractivity contribution in [2.24, 2.45) is 0 Å². The normalized spacial score (nSPS) is 10.2. The van der Waals surface area contributed by atoms with E-state index in [2.05, 4.69) is 20.6 Å². The first-order valence-corrected chi connectivity index (χ1v) is 13.4. The monoisotopic (exact) mass is 628 g/mol. The number of methoxy groups -OCH3 is 1. The lowest BCUT2D eigenvalue weighted by Crippen LogP contribution is -2.21. The Kier molecular flexibility index (Phi) is 8.97. The lowest BCUT2D eigenvalue weighted by atomic mass is 10.1. The summed E-state index contributed by atoms with van der Waals surface area (Å²) in [5.41, 5.74) is -1.20. The highest BCUT2D eigenvalue weighted by Crippen LogP contribution is 2.25. The number of hydrogen-bond donors (Lipinski definition) is 3. The molecule has 14 heteroatoms. The van der Waals surface area contributed by atoms with Gasteiger partial charge in [0.15, 0.2) is 0 Å². The van der Waals surface area contributed by atoms with Gasteiger partial charge in [-0.3, -0.25) is 9.59 Å². The number of nitrogens with one attached hydrogen (secondary N) is 2. The van der Waals surface area contributed by atoms with Gasteiger partial charge in [-0.1, -0.05) is 18.2 Å². The largest absolute Gasteiger partial charge is 0.508 e. The van der Waals surface area contributed by atoms with Gasteiger partial charge >= 0.3 is 11.3 Å². The highest BCUT2D eigenvalue weighted by Gasteiger charge is 2.17. The fourth-order valence-electron chi connectivity index (χ4n) is 4.21. The van der Waals surface area contributed by atoms with Gasteiger partial charge < -0.3 is 29.3 Å². The zero-order valence-electron chi connectivity index (χ0n) is 24.2. The zero-order valence-corrected chi connectivity index (χ0v) is 24.2. The van der Waals surface area contributed by atoms with Crippen LogP contribution in [0, 0.1) is 22.7 Å². The summed E-state index contributed by atoms with van der Waals surface area (Å²) in [6.07, 6.45) is 0. The number of hydrogen-bond acceptors (Lipinski definition) is 12. The number of aromatic nitrogens is 2. The Morgan fingerprint density at radius 3 is 1.87 bits per heavy atom. The maximum absolute atomic E-state index is 12.3. The number of phenolic OH excluding ortho intramolecular Hbond substituents is 1. The third kappa shape index (κ3) is 7.09. The molecule has 6 rings (SSSR count). The topological polar surface area (TPSA) is 221 Å². The summed E-state index contributed by atoms with van der Waals surface area (Å²) in [6.45, 7) is 0. The Morgan fingerprint density at radius 2 is 1.30 bits per heavy atom. The number of ether oxygens (including phenoxy) is 1. The second-order valence-corrected chi connectivity index (χ2v) is 9.44. The predicted octanol–water partition coefficient (Wildman–Crippen LogP) is 4.34. The van der Waals surface area contributed by atoms with Crippen LogP contribution in [0.1, 0.15) is 32.1 Å². The summed E-state index contributed by atoms with van der Waals surface area (Å²) < 4.78 is 15.4. The van der Waals surface area contributed by atoms with E-state index in [-0.39, 0.29) is 45.5 Å². The minimum Gasteiger partial charge on any atom is -0.508 e. The standard InChI is InChI=1S/C17H11N3O4.C16H9N3O4/c1-23-13-5-3-6-14-11(13)8-12(17(22)24-14)16(21)20-15-7-2-4-10(9-18)19-15;17-8-10-2-1-3-14(18-10)19-15(21)12-6-9-4-5-11(20)7-13(9)23-16(12)22/h2-8H,1H3,(H,19,20,21);1-7,20H,(H,18,19,21). The van der Waals surface area contributed by atoms with Crippen LogP contribution >= 0.6 is 0 Å². The van der Waals surface area contributed by atoms with Gasteiger partial charge in [-0.2, -0.15) is 10.5 Å². The molecule has 14 nitrogen and oxygen atoms in total. The van der Waals surface area contributed by atoms with Gasteiger partial charge in [0.2, 0.25) is 0 Å². The molecule has 0 saturated heterocycles. The molecule has 0 aliphatic heterocycles. The van der Waals surface area contributed by atoms with Crippen LogP contribution in [0.2, 0.25) is 0 Å². The number of phenols is 1. The smallest absolute Gasteiger partial charge is 0.349 e. The molecule has 2 aromatic carbocycles. The summed E-state index contributed by atoms with van der Waals surface area (Å²) in [5.74, 6) is -0.626. The van der Waals surface area contributed by atoms with Crippen LogP contribution < -0.4 is 26.6 Å². The van der Waals surface area contributed by atoms with Crippen LogP contribution in [0.15, 0.2) is 103 Å². The summed E-state index contributed by atoms with van der Waals surface area (Å²) in [4.78, 5) is 56.3. The van der Waals surface area contributed by atoms with E-state index in [9.17, 15) is 24.3 Å². The van der Waals surface area contributed by atoms with Gasteiger partial charge in [0.1, 0.15) is 69.0 Å². The van der Waals surface area contributed by atoms with E-state index in [0.717, 1.165) is 0 Å². The van der Waals surface area contributed by atoms with Crippen LogP contribution in [0.25, 0.3) is 21.9 Å². The molecule has 2 amide bonds. The molecular weight excluding hydrogens is 608 g/mol. The Balaban J connectivity index is 0.000000185. The Morgan fingerprint density at radius 1 is 0.745 bits per heavy atom. The molecule has 0 fully saturated rings. The van der Waals surface area contributed by atoms with E-state index >= 15 is 0 Å². The molecule has 0 aliphatic carbocycles. The number of nitrogens with zero attached hydrogens (tertiary/aromatic N) is 4. The lowest BCUT2D eigenvalue weighted by molar-refractivity contribution is 0.101. The van der Waals surface area contributed by atoms with Gasteiger partial charge in [0.25, 0.3) is 11.8 Å². The number of nitriles is 2. The molecule has 4 aromatic heterocycles. The number of aromatic hydroxyl groups is 1. The molecule has 0 aliphatic rings. The van der Waals surface area contributed by atoms with Crippen molar-refractivity contribution in [3.05, 3.63) is 128 Å². The van der Waals surface area contributed by atoms with Crippen molar-refractivity contribution >= 4 is 45.4 Å². The predicted molar refractivity (Wildman–Crippen MR) is 167 cm³/mol. The van der Waals surface area contributed by atoms with Crippen molar-refractivity contribution in [3.8, 4) is 23.6 Å².